The summed E-state index contributed by atoms with van der Waals surface area (Å²) < 4.78 is 90.8. The Morgan fingerprint density at radius 3 is 1.19 bits per heavy atom. The Bertz CT molecular complexity index is 761. The normalized spacial score (nSPS) is 12.2. The molecule has 2 rings (SSSR count). The SMILES string of the molecule is COc1c(Cl)ccc(-c2ccc(Cl)c(OC)c2C(F)(F)F)c1C(F)(F)F. The van der Waals surface area contributed by atoms with E-state index < -0.39 is 56.2 Å². The third kappa shape index (κ3) is 3.66. The van der Waals surface area contributed by atoms with Crippen LogP contribution >= 0.6 is 23.2 Å². The van der Waals surface area contributed by atoms with Crippen molar-refractivity contribution >= 4 is 23.2 Å². The number of halogens is 8. The number of rotatable bonds is 3. The van der Waals surface area contributed by atoms with Gasteiger partial charge in [0.1, 0.15) is 22.6 Å². The van der Waals surface area contributed by atoms with E-state index in [4.69, 9.17) is 23.2 Å². The third-order valence-electron chi connectivity index (χ3n) is 3.48. The quantitative estimate of drug-likeness (QED) is 0.515. The molecule has 0 N–H and O–H groups in total. The van der Waals surface area contributed by atoms with E-state index in [0.29, 0.717) is 0 Å². The van der Waals surface area contributed by atoms with Crippen LogP contribution in [0.4, 0.5) is 26.3 Å². The van der Waals surface area contributed by atoms with Gasteiger partial charge < -0.3 is 9.47 Å². The highest BCUT2D eigenvalue weighted by atomic mass is 35.5. The van der Waals surface area contributed by atoms with E-state index in [1.807, 2.05) is 0 Å². The maximum absolute atomic E-state index is 13.6. The fraction of sp³-hybridized carbons (Fsp3) is 0.250. The van der Waals surface area contributed by atoms with Crippen molar-refractivity contribution in [1.82, 2.24) is 0 Å². The predicted molar refractivity (Wildman–Crippen MR) is 85.0 cm³/mol. The van der Waals surface area contributed by atoms with Gasteiger partial charge in [-0.2, -0.15) is 26.3 Å². The van der Waals surface area contributed by atoms with E-state index in [2.05, 4.69) is 9.47 Å². The van der Waals surface area contributed by atoms with Gasteiger partial charge in [-0.1, -0.05) is 35.3 Å². The molecule has 2 aromatic carbocycles. The van der Waals surface area contributed by atoms with Gasteiger partial charge in [0.15, 0.2) is 0 Å². The van der Waals surface area contributed by atoms with E-state index in [-0.39, 0.29) is 0 Å². The van der Waals surface area contributed by atoms with E-state index in [1.165, 1.54) is 0 Å². The molecule has 0 aromatic heterocycles. The summed E-state index contributed by atoms with van der Waals surface area (Å²) in [6.45, 7) is 0. The lowest BCUT2D eigenvalue weighted by Gasteiger charge is -2.22. The fourth-order valence-electron chi connectivity index (χ4n) is 2.53. The molecule has 0 atom stereocenters. The van der Waals surface area contributed by atoms with Gasteiger partial charge in [-0.15, -0.1) is 0 Å². The molecular weight excluding hydrogens is 409 g/mol. The Hall–Kier alpha value is -1.80. The van der Waals surface area contributed by atoms with E-state index in [9.17, 15) is 26.3 Å². The Balaban J connectivity index is 2.99. The van der Waals surface area contributed by atoms with Crippen molar-refractivity contribution in [2.45, 2.75) is 12.4 Å². The predicted octanol–water partition coefficient (Wildman–Crippen LogP) is 6.72. The maximum atomic E-state index is 13.6. The second-order valence-electron chi connectivity index (χ2n) is 5.00. The van der Waals surface area contributed by atoms with E-state index in [1.54, 1.807) is 0 Å². The van der Waals surface area contributed by atoms with Gasteiger partial charge in [-0.05, 0) is 23.3 Å². The number of hydrogen-bond donors (Lipinski definition) is 0. The molecule has 26 heavy (non-hydrogen) atoms. The topological polar surface area (TPSA) is 18.5 Å². The molecule has 0 aliphatic rings. The lowest BCUT2D eigenvalue weighted by atomic mass is 9.93. The fourth-order valence-corrected chi connectivity index (χ4v) is 2.99. The van der Waals surface area contributed by atoms with E-state index >= 15 is 0 Å². The lowest BCUT2D eigenvalue weighted by molar-refractivity contribution is -0.140. The number of hydrogen-bond acceptors (Lipinski definition) is 2. The van der Waals surface area contributed by atoms with Crippen LogP contribution < -0.4 is 9.47 Å². The Morgan fingerprint density at radius 2 is 0.962 bits per heavy atom. The van der Waals surface area contributed by atoms with Crippen molar-refractivity contribution in [2.75, 3.05) is 14.2 Å². The average molecular weight is 419 g/mol. The molecule has 10 heteroatoms. The summed E-state index contributed by atoms with van der Waals surface area (Å²) in [4.78, 5) is 0. The van der Waals surface area contributed by atoms with Gasteiger partial charge >= 0.3 is 12.4 Å². The molecule has 0 saturated carbocycles. The van der Waals surface area contributed by atoms with Crippen LogP contribution in [-0.4, -0.2) is 14.2 Å². The highest BCUT2D eigenvalue weighted by molar-refractivity contribution is 6.33. The largest absolute Gasteiger partial charge is 0.495 e. The second-order valence-corrected chi connectivity index (χ2v) is 5.82. The first-order valence-electron chi connectivity index (χ1n) is 6.81. The molecule has 0 bridgehead atoms. The summed E-state index contributed by atoms with van der Waals surface area (Å²) in [5.74, 6) is -1.56. The first-order chi connectivity index (χ1) is 11.9. The highest BCUT2D eigenvalue weighted by Crippen LogP contribution is 2.51. The molecule has 0 fully saturated rings. The number of benzene rings is 2. The number of ether oxygens (including phenoxy) is 2. The summed E-state index contributed by atoms with van der Waals surface area (Å²) in [5, 5.41) is -0.781. The molecule has 2 aromatic rings. The zero-order valence-corrected chi connectivity index (χ0v) is 14.7. The smallest absolute Gasteiger partial charge is 0.420 e. The van der Waals surface area contributed by atoms with Gasteiger partial charge in [0.05, 0.1) is 24.3 Å². The summed E-state index contributed by atoms with van der Waals surface area (Å²) in [6, 6.07) is 3.72. The zero-order chi connectivity index (χ0) is 19.9. The first-order valence-corrected chi connectivity index (χ1v) is 7.56. The molecule has 0 radical (unpaired) electrons. The Kier molecular flexibility index (Phi) is 5.58. The maximum Gasteiger partial charge on any atom is 0.420 e. The minimum atomic E-state index is -5.03. The van der Waals surface area contributed by atoms with Crippen LogP contribution in [0.15, 0.2) is 24.3 Å². The standard InChI is InChI=1S/C16H10Cl2F6O2/c1-25-13-9(17)5-3-7(11(13)15(19,20)21)8-4-6-10(18)14(26-2)12(8)16(22,23)24/h3-6H,1-2H3. The van der Waals surface area contributed by atoms with Crippen molar-refractivity contribution in [3.8, 4) is 22.6 Å². The molecule has 0 aliphatic heterocycles. The molecule has 0 amide bonds. The van der Waals surface area contributed by atoms with Crippen molar-refractivity contribution in [1.29, 1.82) is 0 Å². The monoisotopic (exact) mass is 418 g/mol. The summed E-state index contributed by atoms with van der Waals surface area (Å²) in [6.07, 6.45) is -10.1. The van der Waals surface area contributed by atoms with Crippen molar-refractivity contribution in [3.05, 3.63) is 45.4 Å². The van der Waals surface area contributed by atoms with Crippen LogP contribution in [0.5, 0.6) is 11.5 Å². The molecule has 0 spiro atoms. The van der Waals surface area contributed by atoms with Crippen LogP contribution in [0.1, 0.15) is 11.1 Å². The average Bonchev–Trinajstić information content (AvgIpc) is 2.52. The lowest BCUT2D eigenvalue weighted by Crippen LogP contribution is -2.14. The highest BCUT2D eigenvalue weighted by Gasteiger charge is 2.43. The van der Waals surface area contributed by atoms with Gasteiger partial charge in [0.25, 0.3) is 0 Å². The van der Waals surface area contributed by atoms with Crippen molar-refractivity contribution in [2.24, 2.45) is 0 Å². The van der Waals surface area contributed by atoms with Crippen molar-refractivity contribution in [3.63, 3.8) is 0 Å². The van der Waals surface area contributed by atoms with Gasteiger partial charge in [0, 0.05) is 0 Å². The molecule has 2 nitrogen and oxygen atoms in total. The minimum Gasteiger partial charge on any atom is -0.495 e. The number of methoxy groups -OCH3 is 2. The second kappa shape index (κ2) is 7.08. The number of alkyl halides is 6. The zero-order valence-electron chi connectivity index (χ0n) is 13.1. The summed E-state index contributed by atoms with van der Waals surface area (Å²) >= 11 is 11.4. The molecular formula is C16H10Cl2F6O2. The third-order valence-corrected chi connectivity index (χ3v) is 4.08. The molecule has 142 valence electrons. The summed E-state index contributed by atoms with van der Waals surface area (Å²) in [5.41, 5.74) is -4.38. The van der Waals surface area contributed by atoms with Crippen molar-refractivity contribution < 1.29 is 35.8 Å². The van der Waals surface area contributed by atoms with Gasteiger partial charge in [-0.3, -0.25) is 0 Å². The van der Waals surface area contributed by atoms with Crippen LogP contribution in [-0.2, 0) is 12.4 Å². The van der Waals surface area contributed by atoms with Crippen LogP contribution in [0.3, 0.4) is 0 Å². The van der Waals surface area contributed by atoms with Crippen LogP contribution in [0.25, 0.3) is 11.1 Å². The molecule has 0 aliphatic carbocycles. The Labute approximate surface area is 154 Å². The van der Waals surface area contributed by atoms with Gasteiger partial charge in [0.2, 0.25) is 0 Å². The van der Waals surface area contributed by atoms with Gasteiger partial charge in [-0.25, -0.2) is 0 Å². The first kappa shape index (κ1) is 20.5. The van der Waals surface area contributed by atoms with Crippen LogP contribution in [0, 0.1) is 0 Å². The minimum absolute atomic E-state index is 0.391. The Morgan fingerprint density at radius 1 is 0.654 bits per heavy atom. The molecule has 0 unspecified atom stereocenters. The van der Waals surface area contributed by atoms with E-state index in [0.717, 1.165) is 38.5 Å². The summed E-state index contributed by atoms with van der Waals surface area (Å²) in [7, 11) is 1.88. The van der Waals surface area contributed by atoms with Crippen LogP contribution in [0.2, 0.25) is 10.0 Å². The molecule has 0 heterocycles. The molecule has 0 saturated heterocycles.